The molecule has 3 aliphatic rings. The summed E-state index contributed by atoms with van der Waals surface area (Å²) in [6, 6.07) is -0.509. The van der Waals surface area contributed by atoms with Gasteiger partial charge in [0.15, 0.2) is 0 Å². The number of amides is 2. The first-order valence-corrected chi connectivity index (χ1v) is 13.3. The number of hydrogen-bond donors (Lipinski definition) is 2. The molecule has 7 atom stereocenters. The summed E-state index contributed by atoms with van der Waals surface area (Å²) in [7, 11) is 0. The fourth-order valence-electron chi connectivity index (χ4n) is 6.14. The Kier molecular flexibility index (Phi) is 8.53. The van der Waals surface area contributed by atoms with E-state index >= 15 is 0 Å². The molecule has 0 saturated carbocycles. The van der Waals surface area contributed by atoms with E-state index in [2.05, 4.69) is 19.2 Å². The zero-order valence-corrected chi connectivity index (χ0v) is 20.8. The van der Waals surface area contributed by atoms with Crippen molar-refractivity contribution in [2.75, 3.05) is 19.8 Å². The number of fused-ring (bicyclic) bond motifs is 1. The summed E-state index contributed by atoms with van der Waals surface area (Å²) in [4.78, 5) is 42.0. The fourth-order valence-corrected chi connectivity index (χ4v) is 8.55. The number of carbonyl (C=O) groups excluding carboxylic acids is 3. The summed E-state index contributed by atoms with van der Waals surface area (Å²) in [5.74, 6) is -1.22. The van der Waals surface area contributed by atoms with Crippen LogP contribution in [0.2, 0.25) is 0 Å². The van der Waals surface area contributed by atoms with Gasteiger partial charge in [-0.05, 0) is 45.4 Å². The van der Waals surface area contributed by atoms with Crippen LogP contribution in [-0.4, -0.2) is 69.6 Å². The molecule has 1 spiro atoms. The minimum Gasteiger partial charge on any atom is -0.466 e. The Morgan fingerprint density at radius 3 is 2.66 bits per heavy atom. The third-order valence-electron chi connectivity index (χ3n) is 7.47. The monoisotopic (exact) mass is 468 g/mol. The molecule has 182 valence electrons. The standard InChI is InChI=1S/C24H40N2O5S/c1-5-11-16(4)25-21(28)20-24-15(3)14-17(32-24)18(23(30)31-6-2)19(24)22(29)26(20)12-9-7-8-10-13-27/h15-20,27H,5-14H2,1-4H3,(H,25,28)/t15?,16?,17-,18+,19+,20?,24?/m1/s1. The maximum Gasteiger partial charge on any atom is 0.310 e. The highest BCUT2D eigenvalue weighted by Gasteiger charge is 2.76. The van der Waals surface area contributed by atoms with E-state index in [1.54, 1.807) is 23.6 Å². The molecule has 3 rings (SSSR count). The average Bonchev–Trinajstić information content (AvgIpc) is 3.32. The van der Waals surface area contributed by atoms with Gasteiger partial charge in [0.2, 0.25) is 11.8 Å². The lowest BCUT2D eigenvalue weighted by Gasteiger charge is -2.39. The van der Waals surface area contributed by atoms with E-state index in [9.17, 15) is 14.4 Å². The van der Waals surface area contributed by atoms with Crippen LogP contribution in [0.3, 0.4) is 0 Å². The van der Waals surface area contributed by atoms with Gasteiger partial charge in [-0.25, -0.2) is 0 Å². The van der Waals surface area contributed by atoms with E-state index in [-0.39, 0.29) is 41.6 Å². The van der Waals surface area contributed by atoms with Gasteiger partial charge in [0, 0.05) is 24.4 Å². The lowest BCUT2D eigenvalue weighted by atomic mass is 9.66. The number of likely N-dealkylation sites (tertiary alicyclic amines) is 1. The van der Waals surface area contributed by atoms with Crippen LogP contribution in [0, 0.1) is 17.8 Å². The zero-order valence-electron chi connectivity index (χ0n) is 20.0. The second-order valence-corrected chi connectivity index (χ2v) is 11.2. The second-order valence-electron chi connectivity index (χ2n) is 9.67. The maximum absolute atomic E-state index is 13.8. The molecule has 3 saturated heterocycles. The van der Waals surface area contributed by atoms with Gasteiger partial charge in [0.25, 0.3) is 0 Å². The van der Waals surface area contributed by atoms with Gasteiger partial charge in [-0.1, -0.05) is 33.1 Å². The van der Waals surface area contributed by atoms with Gasteiger partial charge in [0.05, 0.1) is 23.2 Å². The molecule has 0 radical (unpaired) electrons. The molecule has 2 N–H and O–H groups in total. The van der Waals surface area contributed by atoms with Crippen LogP contribution < -0.4 is 5.32 Å². The number of ether oxygens (including phenoxy) is 1. The summed E-state index contributed by atoms with van der Waals surface area (Å²) >= 11 is 1.69. The van der Waals surface area contributed by atoms with Crippen molar-refractivity contribution in [2.24, 2.45) is 17.8 Å². The zero-order chi connectivity index (χ0) is 23.5. The normalized spacial score (nSPS) is 34.0. The molecule has 7 nitrogen and oxygen atoms in total. The second kappa shape index (κ2) is 10.8. The highest BCUT2D eigenvalue weighted by atomic mass is 32.2. The third kappa shape index (κ3) is 4.41. The summed E-state index contributed by atoms with van der Waals surface area (Å²) in [5.41, 5.74) is 0. The van der Waals surface area contributed by atoms with Crippen LogP contribution in [0.4, 0.5) is 0 Å². The van der Waals surface area contributed by atoms with Gasteiger partial charge in [-0.3, -0.25) is 14.4 Å². The number of thioether (sulfide) groups is 1. The first kappa shape index (κ1) is 25.3. The van der Waals surface area contributed by atoms with E-state index in [1.807, 2.05) is 6.92 Å². The Bertz CT molecular complexity index is 704. The van der Waals surface area contributed by atoms with Crippen molar-refractivity contribution in [3.63, 3.8) is 0 Å². The number of esters is 1. The lowest BCUT2D eigenvalue weighted by Crippen LogP contribution is -2.57. The van der Waals surface area contributed by atoms with Crippen molar-refractivity contribution < 1.29 is 24.2 Å². The summed E-state index contributed by atoms with van der Waals surface area (Å²) in [6.45, 7) is 9.00. The van der Waals surface area contributed by atoms with Crippen molar-refractivity contribution in [2.45, 2.75) is 94.7 Å². The predicted molar refractivity (Wildman–Crippen MR) is 125 cm³/mol. The first-order valence-electron chi connectivity index (χ1n) is 12.4. The molecule has 4 unspecified atom stereocenters. The summed E-state index contributed by atoms with van der Waals surface area (Å²) in [5, 5.41) is 12.2. The van der Waals surface area contributed by atoms with Gasteiger partial charge in [-0.15, -0.1) is 11.8 Å². The van der Waals surface area contributed by atoms with Gasteiger partial charge in [-0.2, -0.15) is 0 Å². The molecule has 3 fully saturated rings. The highest BCUT2D eigenvalue weighted by molar-refractivity contribution is 8.02. The molecule has 0 aromatic carbocycles. The Morgan fingerprint density at radius 1 is 1.28 bits per heavy atom. The SMILES string of the molecule is CCCC(C)NC(=O)C1N(CCCCCCO)C(=O)[C@@H]2[C@@H](C(=O)OCC)[C@H]3CC(C)C12S3. The van der Waals surface area contributed by atoms with E-state index in [0.29, 0.717) is 13.2 Å². The average molecular weight is 469 g/mol. The number of carbonyl (C=O) groups is 3. The molecular formula is C24H40N2O5S. The van der Waals surface area contributed by atoms with Gasteiger partial charge >= 0.3 is 5.97 Å². The Labute approximate surface area is 196 Å². The molecule has 32 heavy (non-hydrogen) atoms. The number of unbranched alkanes of at least 4 members (excludes halogenated alkanes) is 3. The van der Waals surface area contributed by atoms with Crippen LogP contribution in [0.5, 0.6) is 0 Å². The quantitative estimate of drug-likeness (QED) is 0.338. The maximum atomic E-state index is 13.8. The van der Waals surface area contributed by atoms with Crippen molar-refractivity contribution in [3.8, 4) is 0 Å². The predicted octanol–water partition coefficient (Wildman–Crippen LogP) is 2.74. The number of aliphatic hydroxyl groups is 1. The van der Waals surface area contributed by atoms with Gasteiger partial charge in [0.1, 0.15) is 6.04 Å². The van der Waals surface area contributed by atoms with Gasteiger partial charge < -0.3 is 20.1 Å². The largest absolute Gasteiger partial charge is 0.466 e. The molecule has 3 heterocycles. The Hall–Kier alpha value is -1.28. The van der Waals surface area contributed by atoms with Crippen LogP contribution >= 0.6 is 11.8 Å². The summed E-state index contributed by atoms with van der Waals surface area (Å²) < 4.78 is 4.80. The van der Waals surface area contributed by atoms with Crippen molar-refractivity contribution in [3.05, 3.63) is 0 Å². The minimum absolute atomic E-state index is 0.0352. The number of nitrogens with zero attached hydrogens (tertiary/aromatic N) is 1. The molecular weight excluding hydrogens is 428 g/mol. The molecule has 8 heteroatoms. The number of rotatable bonds is 12. The Balaban J connectivity index is 1.89. The molecule has 2 bridgehead atoms. The van der Waals surface area contributed by atoms with E-state index in [1.165, 1.54) is 0 Å². The van der Waals surface area contributed by atoms with Crippen LogP contribution in [0.1, 0.15) is 72.6 Å². The van der Waals surface area contributed by atoms with Crippen molar-refractivity contribution in [1.29, 1.82) is 0 Å². The smallest absolute Gasteiger partial charge is 0.310 e. The number of hydrogen-bond acceptors (Lipinski definition) is 6. The minimum atomic E-state index is -0.569. The molecule has 0 aliphatic carbocycles. The molecule has 0 aromatic heterocycles. The summed E-state index contributed by atoms with van der Waals surface area (Å²) in [6.07, 6.45) is 6.03. The lowest BCUT2D eigenvalue weighted by molar-refractivity contribution is -0.154. The van der Waals surface area contributed by atoms with Crippen LogP contribution in [-0.2, 0) is 19.1 Å². The Morgan fingerprint density at radius 2 is 2.00 bits per heavy atom. The molecule has 2 amide bonds. The molecule has 0 aromatic rings. The first-order chi connectivity index (χ1) is 15.3. The van der Waals surface area contributed by atoms with Crippen molar-refractivity contribution >= 4 is 29.5 Å². The third-order valence-corrected chi connectivity index (χ3v) is 9.55. The van der Waals surface area contributed by atoms with E-state index < -0.39 is 22.6 Å². The topological polar surface area (TPSA) is 95.9 Å². The number of aliphatic hydroxyl groups excluding tert-OH is 1. The van der Waals surface area contributed by atoms with Crippen molar-refractivity contribution in [1.82, 2.24) is 10.2 Å². The highest BCUT2D eigenvalue weighted by Crippen LogP contribution is 2.68. The van der Waals surface area contributed by atoms with E-state index in [0.717, 1.165) is 44.9 Å². The van der Waals surface area contributed by atoms with Crippen LogP contribution in [0.25, 0.3) is 0 Å². The number of nitrogens with one attached hydrogen (secondary N) is 1. The van der Waals surface area contributed by atoms with Crippen LogP contribution in [0.15, 0.2) is 0 Å². The van der Waals surface area contributed by atoms with E-state index in [4.69, 9.17) is 9.84 Å². The molecule has 3 aliphatic heterocycles. The fraction of sp³-hybridized carbons (Fsp3) is 0.875.